The average Bonchev–Trinajstić information content (AvgIpc) is 3.38. The number of nitrogens with two attached hydrogens (primary N) is 1. The summed E-state index contributed by atoms with van der Waals surface area (Å²) in [6.45, 7) is 7.07. The molecular formula is C27H28F2N6O4. The molecule has 0 spiro atoms. The first kappa shape index (κ1) is 26.2. The second-order valence-corrected chi connectivity index (χ2v) is 8.98. The molecule has 2 aromatic carbocycles. The number of carbonyl (C=O) groups is 1. The van der Waals surface area contributed by atoms with Gasteiger partial charge in [-0.2, -0.15) is 0 Å². The van der Waals surface area contributed by atoms with Gasteiger partial charge >= 0.3 is 0 Å². The Balaban J connectivity index is 1.37. The molecule has 0 saturated carbocycles. The van der Waals surface area contributed by atoms with Gasteiger partial charge in [0, 0.05) is 44.0 Å². The van der Waals surface area contributed by atoms with Crippen molar-refractivity contribution in [3.8, 4) is 11.5 Å². The Labute approximate surface area is 223 Å². The van der Waals surface area contributed by atoms with E-state index in [0.29, 0.717) is 11.4 Å². The first-order valence-electron chi connectivity index (χ1n) is 12.4. The number of ether oxygens (including phenoxy) is 2. The molecular weight excluding hydrogens is 510 g/mol. The Morgan fingerprint density at radius 3 is 2.38 bits per heavy atom. The van der Waals surface area contributed by atoms with Gasteiger partial charge in [-0.15, -0.1) is 0 Å². The van der Waals surface area contributed by atoms with E-state index in [1.54, 1.807) is 0 Å². The molecule has 2 aromatic heterocycles. The zero-order valence-electron chi connectivity index (χ0n) is 21.8. The van der Waals surface area contributed by atoms with Crippen molar-refractivity contribution >= 4 is 39.9 Å². The van der Waals surface area contributed by atoms with Crippen LogP contribution in [0, 0.1) is 11.6 Å². The van der Waals surface area contributed by atoms with E-state index in [-0.39, 0.29) is 34.3 Å². The van der Waals surface area contributed by atoms with Crippen LogP contribution in [0.3, 0.4) is 0 Å². The number of piperazine rings is 1. The molecule has 0 unspecified atom stereocenters. The topological polar surface area (TPSA) is 119 Å². The number of nitrogen functional groups attached to an aromatic ring is 1. The number of anilines is 4. The Morgan fingerprint density at radius 1 is 1.08 bits per heavy atom. The van der Waals surface area contributed by atoms with Gasteiger partial charge in [0.2, 0.25) is 11.7 Å². The number of nitrogens with zero attached hydrogens (tertiary/aromatic N) is 4. The molecule has 0 bridgehead atoms. The summed E-state index contributed by atoms with van der Waals surface area (Å²) in [5.41, 5.74) is 8.05. The van der Waals surface area contributed by atoms with Crippen molar-refractivity contribution in [2.75, 3.05) is 62.9 Å². The van der Waals surface area contributed by atoms with Gasteiger partial charge in [-0.1, -0.05) is 6.92 Å². The highest BCUT2D eigenvalue weighted by molar-refractivity contribution is 6.09. The maximum atomic E-state index is 14.8. The zero-order chi connectivity index (χ0) is 27.7. The highest BCUT2D eigenvalue weighted by Gasteiger charge is 2.29. The van der Waals surface area contributed by atoms with Crippen LogP contribution >= 0.6 is 0 Å². The molecule has 3 heterocycles. The van der Waals surface area contributed by atoms with Crippen LogP contribution < -0.4 is 25.4 Å². The fourth-order valence-corrected chi connectivity index (χ4v) is 4.52. The third-order valence-corrected chi connectivity index (χ3v) is 6.76. The predicted octanol–water partition coefficient (Wildman–Crippen LogP) is 4.22. The number of ketones is 1. The van der Waals surface area contributed by atoms with E-state index < -0.39 is 23.0 Å². The SMILES string of the molecule is CCN1CCN(c2ccc(Nc3ncc4oc(C(=O)c5c(F)c(OC)cc(OC)c5F)cc4n3)c(N)c2)CC1. The maximum Gasteiger partial charge on any atom is 0.234 e. The summed E-state index contributed by atoms with van der Waals surface area (Å²) in [4.78, 5) is 26.3. The van der Waals surface area contributed by atoms with Gasteiger partial charge in [-0.3, -0.25) is 4.79 Å². The quantitative estimate of drug-likeness (QED) is 0.249. The highest BCUT2D eigenvalue weighted by atomic mass is 19.1. The number of nitrogens with one attached hydrogen (secondary N) is 1. The number of furan rings is 1. The highest BCUT2D eigenvalue weighted by Crippen LogP contribution is 2.34. The van der Waals surface area contributed by atoms with Crippen molar-refractivity contribution in [1.82, 2.24) is 14.9 Å². The molecule has 0 atom stereocenters. The van der Waals surface area contributed by atoms with Gasteiger partial charge < -0.3 is 34.7 Å². The number of benzene rings is 2. The minimum absolute atomic E-state index is 0.161. The summed E-state index contributed by atoms with van der Waals surface area (Å²) in [6, 6.07) is 8.06. The molecule has 5 rings (SSSR count). The summed E-state index contributed by atoms with van der Waals surface area (Å²) in [5.74, 6) is -4.16. The standard InChI is InChI=1S/C27H28F2N6O4/c1-4-34-7-9-35(10-8-34)15-5-6-17(16(30)11-15)32-27-31-14-22-18(33-27)12-21(39-22)26(36)23-24(28)19(37-2)13-20(38-3)25(23)29/h5-6,11-14H,4,7-10,30H2,1-3H3,(H,31,32,33). The van der Waals surface area contributed by atoms with E-state index in [4.69, 9.17) is 19.6 Å². The largest absolute Gasteiger partial charge is 0.494 e. The predicted molar refractivity (Wildman–Crippen MR) is 143 cm³/mol. The number of likely N-dealkylation sites (N-methyl/N-ethyl adjacent to an activating group) is 1. The van der Waals surface area contributed by atoms with Crippen molar-refractivity contribution in [2.24, 2.45) is 0 Å². The zero-order valence-corrected chi connectivity index (χ0v) is 21.8. The normalized spacial score (nSPS) is 14.0. The molecule has 0 amide bonds. The van der Waals surface area contributed by atoms with Gasteiger partial charge in [0.15, 0.2) is 34.5 Å². The van der Waals surface area contributed by atoms with E-state index >= 15 is 0 Å². The molecule has 1 aliphatic heterocycles. The first-order valence-corrected chi connectivity index (χ1v) is 12.4. The fourth-order valence-electron chi connectivity index (χ4n) is 4.52. The molecule has 0 aliphatic carbocycles. The van der Waals surface area contributed by atoms with Crippen molar-refractivity contribution in [3.05, 3.63) is 59.5 Å². The van der Waals surface area contributed by atoms with Crippen LogP contribution in [0.25, 0.3) is 11.1 Å². The number of halogens is 2. The summed E-state index contributed by atoms with van der Waals surface area (Å²) in [6.07, 6.45) is 1.36. The number of rotatable bonds is 8. The lowest BCUT2D eigenvalue weighted by Gasteiger charge is -2.35. The number of carbonyl (C=O) groups excluding carboxylic acids is 1. The number of methoxy groups -OCH3 is 2. The molecule has 1 saturated heterocycles. The lowest BCUT2D eigenvalue weighted by molar-refractivity contribution is 0.100. The molecule has 39 heavy (non-hydrogen) atoms. The van der Waals surface area contributed by atoms with E-state index in [2.05, 4.69) is 32.0 Å². The van der Waals surface area contributed by atoms with Crippen molar-refractivity contribution < 1.29 is 27.5 Å². The summed E-state index contributed by atoms with van der Waals surface area (Å²) in [5, 5.41) is 3.08. The van der Waals surface area contributed by atoms with Gasteiger partial charge in [-0.05, 0) is 24.7 Å². The number of fused-ring (bicyclic) bond motifs is 1. The second kappa shape index (κ2) is 10.7. The molecule has 10 nitrogen and oxygen atoms in total. The van der Waals surface area contributed by atoms with Crippen molar-refractivity contribution in [3.63, 3.8) is 0 Å². The van der Waals surface area contributed by atoms with Crippen molar-refractivity contribution in [1.29, 1.82) is 0 Å². The molecule has 12 heteroatoms. The third-order valence-electron chi connectivity index (χ3n) is 6.76. The minimum Gasteiger partial charge on any atom is -0.494 e. The molecule has 4 aromatic rings. The van der Waals surface area contributed by atoms with Crippen LogP contribution in [0.1, 0.15) is 23.0 Å². The molecule has 1 fully saturated rings. The van der Waals surface area contributed by atoms with Gasteiger partial charge in [0.1, 0.15) is 11.1 Å². The lowest BCUT2D eigenvalue weighted by atomic mass is 10.1. The smallest absolute Gasteiger partial charge is 0.234 e. The third kappa shape index (κ3) is 5.02. The first-order chi connectivity index (χ1) is 18.8. The van der Waals surface area contributed by atoms with Gasteiger partial charge in [0.25, 0.3) is 0 Å². The Hall–Kier alpha value is -4.45. The van der Waals surface area contributed by atoms with Crippen LogP contribution in [-0.2, 0) is 0 Å². The number of hydrogen-bond acceptors (Lipinski definition) is 10. The van der Waals surface area contributed by atoms with E-state index in [9.17, 15) is 13.6 Å². The Kier molecular flexibility index (Phi) is 7.20. The van der Waals surface area contributed by atoms with E-state index in [0.717, 1.165) is 44.5 Å². The Bertz CT molecular complexity index is 1510. The Morgan fingerprint density at radius 2 is 1.77 bits per heavy atom. The average molecular weight is 539 g/mol. The summed E-state index contributed by atoms with van der Waals surface area (Å²) >= 11 is 0. The van der Waals surface area contributed by atoms with E-state index in [1.807, 2.05) is 18.2 Å². The van der Waals surface area contributed by atoms with Gasteiger partial charge in [-0.25, -0.2) is 18.7 Å². The number of hydrogen-bond donors (Lipinski definition) is 2. The molecule has 3 N–H and O–H groups in total. The van der Waals surface area contributed by atoms with Crippen LogP contribution in [0.2, 0.25) is 0 Å². The monoisotopic (exact) mass is 538 g/mol. The lowest BCUT2D eigenvalue weighted by Crippen LogP contribution is -2.46. The van der Waals surface area contributed by atoms with Gasteiger partial charge in [0.05, 0.1) is 31.8 Å². The van der Waals surface area contributed by atoms with Crippen molar-refractivity contribution in [2.45, 2.75) is 6.92 Å². The second-order valence-electron chi connectivity index (χ2n) is 8.98. The molecule has 1 aliphatic rings. The van der Waals surface area contributed by atoms with Crippen LogP contribution in [0.15, 0.2) is 40.9 Å². The van der Waals surface area contributed by atoms with Crippen LogP contribution in [-0.4, -0.2) is 67.6 Å². The number of aromatic nitrogens is 2. The maximum absolute atomic E-state index is 14.8. The van der Waals surface area contributed by atoms with Crippen LogP contribution in [0.4, 0.5) is 31.8 Å². The minimum atomic E-state index is -1.17. The molecule has 0 radical (unpaired) electrons. The van der Waals surface area contributed by atoms with Crippen LogP contribution in [0.5, 0.6) is 11.5 Å². The summed E-state index contributed by atoms with van der Waals surface area (Å²) < 4.78 is 45.0. The van der Waals surface area contributed by atoms with E-state index in [1.165, 1.54) is 26.5 Å². The fraction of sp³-hybridized carbons (Fsp3) is 0.296. The molecule has 204 valence electrons. The summed E-state index contributed by atoms with van der Waals surface area (Å²) in [7, 11) is 2.40.